The molecule has 0 saturated carbocycles. The van der Waals surface area contributed by atoms with E-state index in [1.165, 1.54) is 28.9 Å². The lowest BCUT2D eigenvalue weighted by molar-refractivity contribution is -0.121. The number of benzene rings is 2. The van der Waals surface area contributed by atoms with Gasteiger partial charge in [-0.25, -0.2) is 9.97 Å². The highest BCUT2D eigenvalue weighted by atomic mass is 35.5. The first kappa shape index (κ1) is 44.8. The molecule has 0 bridgehead atoms. The average molecular weight is 897 g/mol. The van der Waals surface area contributed by atoms with E-state index >= 15 is 0 Å². The lowest BCUT2D eigenvalue weighted by Crippen LogP contribution is -2.34. The molecule has 5 amide bonds. The van der Waals surface area contributed by atoms with Crippen LogP contribution in [0, 0.1) is 13.8 Å². The molecular formula is C42H49ClN14O7. The highest BCUT2D eigenvalue weighted by molar-refractivity contribution is 6.34. The number of halogens is 1. The number of fused-ring (bicyclic) bond motifs is 1. The Morgan fingerprint density at radius 2 is 1.58 bits per heavy atom. The van der Waals surface area contributed by atoms with Gasteiger partial charge in [0.25, 0.3) is 11.8 Å². The summed E-state index contributed by atoms with van der Waals surface area (Å²) in [6, 6.07) is 7.20. The fraction of sp³-hybridized carbons (Fsp3) is 0.357. The number of aromatic nitrogens is 8. The minimum atomic E-state index is -0.721. The van der Waals surface area contributed by atoms with Crippen LogP contribution in [0.15, 0.2) is 42.5 Å². The molecule has 1 aliphatic heterocycles. The van der Waals surface area contributed by atoms with Crippen LogP contribution >= 0.6 is 11.6 Å². The minimum absolute atomic E-state index is 0.0700. The fourth-order valence-corrected chi connectivity index (χ4v) is 7.68. The van der Waals surface area contributed by atoms with Crippen LogP contribution in [-0.2, 0) is 24.4 Å². The maximum absolute atomic E-state index is 14.0. The van der Waals surface area contributed by atoms with Crippen molar-refractivity contribution in [2.24, 2.45) is 11.5 Å². The Bertz CT molecular complexity index is 2850. The SMILES string of the molecule is CCn1nc(C)cc1C(=O)Nc1nc2cc(C(N)=O)cc3c2n1[C@@H](/C=C/Cn1c(NC(=O)c2c(Cl)c(C)nn2CC)nc2cc(C(N)=O)cc(OCCCNC(=O)CN(C)C)c21)CO3. The zero-order valence-corrected chi connectivity index (χ0v) is 36.9. The summed E-state index contributed by atoms with van der Waals surface area (Å²) in [5.41, 5.74) is 14.9. The number of amides is 5. The molecular weight excluding hydrogens is 848 g/mol. The number of carbonyl (C=O) groups is 5. The predicted molar refractivity (Wildman–Crippen MR) is 238 cm³/mol. The van der Waals surface area contributed by atoms with Gasteiger partial charge in [0.15, 0.2) is 0 Å². The molecule has 0 saturated heterocycles. The first-order valence-electron chi connectivity index (χ1n) is 20.5. The van der Waals surface area contributed by atoms with Crippen molar-refractivity contribution in [1.29, 1.82) is 0 Å². The number of ether oxygens (including phenoxy) is 2. The van der Waals surface area contributed by atoms with E-state index in [4.69, 9.17) is 42.5 Å². The molecule has 0 unspecified atom stereocenters. The second-order valence-electron chi connectivity index (χ2n) is 15.3. The Hall–Kier alpha value is -7.26. The van der Waals surface area contributed by atoms with Crippen molar-refractivity contribution in [2.45, 2.75) is 59.8 Å². The van der Waals surface area contributed by atoms with Gasteiger partial charge in [-0.3, -0.25) is 48.5 Å². The molecule has 7 rings (SSSR count). The third kappa shape index (κ3) is 9.11. The van der Waals surface area contributed by atoms with Crippen LogP contribution in [0.3, 0.4) is 0 Å². The monoisotopic (exact) mass is 896 g/mol. The number of likely N-dealkylation sites (N-methyl/N-ethyl adjacent to an activating group) is 1. The average Bonchev–Trinajstić information content (AvgIpc) is 3.99. The predicted octanol–water partition coefficient (Wildman–Crippen LogP) is 3.43. The molecule has 0 aliphatic carbocycles. The Morgan fingerprint density at radius 3 is 2.27 bits per heavy atom. The number of nitrogens with two attached hydrogens (primary N) is 2. The molecule has 22 heteroatoms. The Labute approximate surface area is 371 Å². The summed E-state index contributed by atoms with van der Waals surface area (Å²) in [6.45, 7) is 8.90. The van der Waals surface area contributed by atoms with E-state index in [1.54, 1.807) is 48.2 Å². The third-order valence-electron chi connectivity index (χ3n) is 10.3. The molecule has 6 aromatic rings. The summed E-state index contributed by atoms with van der Waals surface area (Å²) in [6.07, 6.45) is 4.10. The van der Waals surface area contributed by atoms with Crippen LogP contribution in [0.2, 0.25) is 5.02 Å². The highest BCUT2D eigenvalue weighted by Crippen LogP contribution is 2.38. The molecule has 7 N–H and O–H groups in total. The number of hydrogen-bond donors (Lipinski definition) is 5. The van der Waals surface area contributed by atoms with Crippen molar-refractivity contribution < 1.29 is 33.4 Å². The van der Waals surface area contributed by atoms with Gasteiger partial charge in [-0.15, -0.1) is 0 Å². The van der Waals surface area contributed by atoms with Gasteiger partial charge in [0.05, 0.1) is 46.6 Å². The van der Waals surface area contributed by atoms with E-state index in [9.17, 15) is 24.0 Å². The molecule has 336 valence electrons. The third-order valence-corrected chi connectivity index (χ3v) is 10.8. The molecule has 0 radical (unpaired) electrons. The van der Waals surface area contributed by atoms with Gasteiger partial charge >= 0.3 is 0 Å². The largest absolute Gasteiger partial charge is 0.491 e. The second kappa shape index (κ2) is 18.6. The van der Waals surface area contributed by atoms with Gasteiger partial charge in [-0.1, -0.05) is 23.8 Å². The molecule has 21 nitrogen and oxygen atoms in total. The number of aryl methyl sites for hydroxylation is 4. The molecule has 5 heterocycles. The van der Waals surface area contributed by atoms with Crippen molar-refractivity contribution >= 4 is 75.1 Å². The zero-order chi connectivity index (χ0) is 46.0. The van der Waals surface area contributed by atoms with Gasteiger partial charge in [0.1, 0.15) is 40.5 Å². The van der Waals surface area contributed by atoms with Crippen LogP contribution < -0.4 is 36.9 Å². The number of anilines is 2. The van der Waals surface area contributed by atoms with Crippen molar-refractivity contribution in [3.05, 3.63) is 81.4 Å². The highest BCUT2D eigenvalue weighted by Gasteiger charge is 2.29. The van der Waals surface area contributed by atoms with Gasteiger partial charge < -0.3 is 35.7 Å². The summed E-state index contributed by atoms with van der Waals surface area (Å²) < 4.78 is 19.0. The molecule has 0 spiro atoms. The first-order chi connectivity index (χ1) is 30.6. The smallest absolute Gasteiger partial charge is 0.277 e. The minimum Gasteiger partial charge on any atom is -0.491 e. The molecule has 64 heavy (non-hydrogen) atoms. The number of primary amides is 2. The Morgan fingerprint density at radius 1 is 0.906 bits per heavy atom. The maximum atomic E-state index is 14.0. The molecule has 4 aromatic heterocycles. The topological polar surface area (TPSA) is 266 Å². The fourth-order valence-electron chi connectivity index (χ4n) is 7.45. The Kier molecular flexibility index (Phi) is 13.0. The maximum Gasteiger partial charge on any atom is 0.277 e. The molecule has 1 aliphatic rings. The van der Waals surface area contributed by atoms with Crippen molar-refractivity contribution in [3.8, 4) is 11.5 Å². The summed E-state index contributed by atoms with van der Waals surface area (Å²) in [7, 11) is 3.60. The first-order valence-corrected chi connectivity index (χ1v) is 20.9. The lowest BCUT2D eigenvalue weighted by Gasteiger charge is -2.25. The van der Waals surface area contributed by atoms with E-state index in [-0.39, 0.29) is 71.7 Å². The number of carbonyl (C=O) groups excluding carboxylic acids is 5. The van der Waals surface area contributed by atoms with E-state index in [2.05, 4.69) is 26.1 Å². The molecule has 1 atom stereocenters. The van der Waals surface area contributed by atoms with Crippen LogP contribution in [0.1, 0.15) is 79.4 Å². The van der Waals surface area contributed by atoms with Crippen LogP contribution in [0.4, 0.5) is 11.9 Å². The van der Waals surface area contributed by atoms with Gasteiger partial charge in [0.2, 0.25) is 29.6 Å². The second-order valence-corrected chi connectivity index (χ2v) is 15.7. The lowest BCUT2D eigenvalue weighted by atomic mass is 10.1. The van der Waals surface area contributed by atoms with E-state index in [1.807, 2.05) is 30.6 Å². The normalized spacial score (nSPS) is 13.5. The van der Waals surface area contributed by atoms with E-state index in [0.29, 0.717) is 71.0 Å². The molecule has 0 fully saturated rings. The van der Waals surface area contributed by atoms with Gasteiger partial charge in [-0.2, -0.15) is 10.2 Å². The van der Waals surface area contributed by atoms with E-state index < -0.39 is 29.7 Å². The van der Waals surface area contributed by atoms with Crippen LogP contribution in [0.5, 0.6) is 11.5 Å². The number of hydrogen-bond acceptors (Lipinski definition) is 12. The van der Waals surface area contributed by atoms with Crippen molar-refractivity contribution in [1.82, 2.24) is 48.9 Å². The van der Waals surface area contributed by atoms with Crippen molar-refractivity contribution in [3.63, 3.8) is 0 Å². The Balaban J connectivity index is 1.27. The number of imidazole rings is 2. The summed E-state index contributed by atoms with van der Waals surface area (Å²) in [5.74, 6) is -1.66. The zero-order valence-electron chi connectivity index (χ0n) is 36.2. The van der Waals surface area contributed by atoms with E-state index in [0.717, 1.165) is 0 Å². The standard InChI is InChI=1S/C42H49ClN14O7/c1-7-55-29(15-22(3)51-55)39(61)49-42-48-28-17-25(38(45)60)19-31-35(28)57(42)26(21-64-31)11-9-13-54-34-27(47-41(54)50-40(62)36-33(43)23(4)52-56(36)8-2)16-24(37(44)59)18-30(34)63-14-10-12-46-32(58)20-53(5)6/h9,11,15-19,26H,7-8,10,12-14,20-21H2,1-6H3,(H2,44,59)(H2,45,60)(H,46,58)(H,47,50,62)(H,48,49,61)/b11-9+/t26-/m0/s1. The number of allylic oxidation sites excluding steroid dienone is 1. The van der Waals surface area contributed by atoms with Crippen LogP contribution in [0.25, 0.3) is 22.1 Å². The van der Waals surface area contributed by atoms with Gasteiger partial charge in [-0.05, 0) is 78.5 Å². The van der Waals surface area contributed by atoms with Crippen LogP contribution in [-0.4, -0.2) is 113 Å². The summed E-state index contributed by atoms with van der Waals surface area (Å²) in [5, 5.41) is 17.6. The summed E-state index contributed by atoms with van der Waals surface area (Å²) in [4.78, 5) is 76.0. The number of nitrogens with one attached hydrogen (secondary N) is 3. The molecule has 2 aromatic carbocycles. The number of rotatable bonds is 18. The quantitative estimate of drug-likeness (QED) is 0.0614. The summed E-state index contributed by atoms with van der Waals surface area (Å²) >= 11 is 6.57. The number of nitrogens with zero attached hydrogens (tertiary/aromatic N) is 9. The van der Waals surface area contributed by atoms with Gasteiger partial charge in [0, 0.05) is 37.3 Å². The van der Waals surface area contributed by atoms with Crippen molar-refractivity contribution in [2.75, 3.05) is 51.0 Å².